The van der Waals surface area contributed by atoms with Gasteiger partial charge in [0.1, 0.15) is 0 Å². The summed E-state index contributed by atoms with van der Waals surface area (Å²) in [6.45, 7) is 0. The standard InChI is InChI=1S/C15H8Cl2N4/c16-10-1-8(2-11(17)4-10)15-7-18-13-3-9-6-19-21-12(9)5-14(13)20-15/h1-7H,(H,19,21). The number of hydrogen-bond donors (Lipinski definition) is 1. The molecule has 0 aliphatic carbocycles. The smallest absolute Gasteiger partial charge is 0.0916 e. The van der Waals surface area contributed by atoms with Gasteiger partial charge in [-0.2, -0.15) is 5.10 Å². The summed E-state index contributed by atoms with van der Waals surface area (Å²) in [6, 6.07) is 9.21. The van der Waals surface area contributed by atoms with Gasteiger partial charge in [0, 0.05) is 21.0 Å². The predicted molar refractivity (Wildman–Crippen MR) is 84.6 cm³/mol. The van der Waals surface area contributed by atoms with Crippen LogP contribution in [0.5, 0.6) is 0 Å². The van der Waals surface area contributed by atoms with Gasteiger partial charge in [-0.15, -0.1) is 0 Å². The molecule has 0 aliphatic rings. The van der Waals surface area contributed by atoms with E-state index in [0.29, 0.717) is 10.0 Å². The summed E-state index contributed by atoms with van der Waals surface area (Å²) in [6.07, 6.45) is 3.48. The maximum absolute atomic E-state index is 6.04. The lowest BCUT2D eigenvalue weighted by Gasteiger charge is -2.04. The number of hydrogen-bond acceptors (Lipinski definition) is 3. The third kappa shape index (κ3) is 2.22. The highest BCUT2D eigenvalue weighted by Gasteiger charge is 2.07. The Morgan fingerprint density at radius 1 is 0.857 bits per heavy atom. The van der Waals surface area contributed by atoms with Crippen molar-refractivity contribution in [3.63, 3.8) is 0 Å². The fraction of sp³-hybridized carbons (Fsp3) is 0. The molecular weight excluding hydrogens is 307 g/mol. The zero-order chi connectivity index (χ0) is 14.4. The zero-order valence-electron chi connectivity index (χ0n) is 10.6. The zero-order valence-corrected chi connectivity index (χ0v) is 12.2. The van der Waals surface area contributed by atoms with Crippen LogP contribution < -0.4 is 0 Å². The molecule has 0 fully saturated rings. The minimum Gasteiger partial charge on any atom is -0.278 e. The second-order valence-electron chi connectivity index (χ2n) is 4.71. The molecule has 0 bridgehead atoms. The van der Waals surface area contributed by atoms with Crippen LogP contribution in [0.1, 0.15) is 0 Å². The first kappa shape index (κ1) is 12.6. The van der Waals surface area contributed by atoms with Crippen LogP contribution in [0.25, 0.3) is 33.2 Å². The fourth-order valence-electron chi connectivity index (χ4n) is 2.29. The minimum atomic E-state index is 0.573. The van der Waals surface area contributed by atoms with Crippen molar-refractivity contribution in [1.82, 2.24) is 20.2 Å². The van der Waals surface area contributed by atoms with Crippen LogP contribution in [0, 0.1) is 0 Å². The Balaban J connectivity index is 1.94. The van der Waals surface area contributed by atoms with E-state index >= 15 is 0 Å². The molecule has 21 heavy (non-hydrogen) atoms. The Labute approximate surface area is 129 Å². The first-order valence-electron chi connectivity index (χ1n) is 6.25. The van der Waals surface area contributed by atoms with Gasteiger partial charge in [0.25, 0.3) is 0 Å². The Hall–Kier alpha value is -2.17. The molecule has 2 aromatic heterocycles. The molecule has 0 spiro atoms. The number of halogens is 2. The van der Waals surface area contributed by atoms with Gasteiger partial charge in [0.05, 0.1) is 34.6 Å². The quantitative estimate of drug-likeness (QED) is 0.563. The van der Waals surface area contributed by atoms with Crippen molar-refractivity contribution in [3.8, 4) is 11.3 Å². The lowest BCUT2D eigenvalue weighted by molar-refractivity contribution is 1.12. The second-order valence-corrected chi connectivity index (χ2v) is 5.58. The highest BCUT2D eigenvalue weighted by Crippen LogP contribution is 2.27. The van der Waals surface area contributed by atoms with E-state index in [1.165, 1.54) is 0 Å². The van der Waals surface area contributed by atoms with E-state index in [1.807, 2.05) is 24.3 Å². The lowest BCUT2D eigenvalue weighted by Crippen LogP contribution is -1.89. The molecule has 4 rings (SSSR count). The second kappa shape index (κ2) is 4.69. The number of nitrogens with one attached hydrogen (secondary N) is 1. The van der Waals surface area contributed by atoms with E-state index in [4.69, 9.17) is 23.2 Å². The van der Waals surface area contributed by atoms with Crippen LogP contribution in [-0.2, 0) is 0 Å². The van der Waals surface area contributed by atoms with Crippen molar-refractivity contribution in [1.29, 1.82) is 0 Å². The van der Waals surface area contributed by atoms with Crippen molar-refractivity contribution in [2.75, 3.05) is 0 Å². The Morgan fingerprint density at radius 3 is 2.48 bits per heavy atom. The first-order valence-corrected chi connectivity index (χ1v) is 7.01. The van der Waals surface area contributed by atoms with Gasteiger partial charge in [-0.25, -0.2) is 4.98 Å². The Bertz CT molecular complexity index is 958. The van der Waals surface area contributed by atoms with Gasteiger partial charge in [0.2, 0.25) is 0 Å². The van der Waals surface area contributed by atoms with E-state index in [-0.39, 0.29) is 0 Å². The molecule has 0 saturated carbocycles. The van der Waals surface area contributed by atoms with E-state index in [2.05, 4.69) is 20.2 Å². The Kier molecular flexibility index (Phi) is 2.80. The molecule has 0 saturated heterocycles. The van der Waals surface area contributed by atoms with E-state index in [1.54, 1.807) is 18.5 Å². The molecule has 0 radical (unpaired) electrons. The summed E-state index contributed by atoms with van der Waals surface area (Å²) in [7, 11) is 0. The van der Waals surface area contributed by atoms with Crippen LogP contribution in [0.3, 0.4) is 0 Å². The van der Waals surface area contributed by atoms with Gasteiger partial charge in [-0.3, -0.25) is 10.1 Å². The number of benzene rings is 2. The molecule has 0 unspecified atom stereocenters. The number of nitrogens with zero attached hydrogens (tertiary/aromatic N) is 3. The maximum atomic E-state index is 6.04. The SMILES string of the molecule is Clc1cc(Cl)cc(-c2cnc3cc4cn[nH]c4cc3n2)c1. The summed E-state index contributed by atoms with van der Waals surface area (Å²) in [5.41, 5.74) is 4.11. The Morgan fingerprint density at radius 2 is 1.67 bits per heavy atom. The fourth-order valence-corrected chi connectivity index (χ4v) is 2.82. The van der Waals surface area contributed by atoms with Crippen molar-refractivity contribution in [3.05, 3.63) is 52.8 Å². The summed E-state index contributed by atoms with van der Waals surface area (Å²) >= 11 is 12.1. The molecule has 0 amide bonds. The molecule has 0 atom stereocenters. The molecule has 0 aliphatic heterocycles. The molecule has 4 aromatic rings. The van der Waals surface area contributed by atoms with Crippen LogP contribution in [-0.4, -0.2) is 20.2 Å². The largest absolute Gasteiger partial charge is 0.278 e. The average Bonchev–Trinajstić information content (AvgIpc) is 2.90. The number of rotatable bonds is 1. The summed E-state index contributed by atoms with van der Waals surface area (Å²) in [4.78, 5) is 9.09. The summed E-state index contributed by atoms with van der Waals surface area (Å²) < 4.78 is 0. The van der Waals surface area contributed by atoms with Gasteiger partial charge >= 0.3 is 0 Å². The minimum absolute atomic E-state index is 0.573. The van der Waals surface area contributed by atoms with Crippen molar-refractivity contribution >= 4 is 45.1 Å². The van der Waals surface area contributed by atoms with E-state index < -0.39 is 0 Å². The van der Waals surface area contributed by atoms with E-state index in [9.17, 15) is 0 Å². The highest BCUT2D eigenvalue weighted by atomic mass is 35.5. The van der Waals surface area contributed by atoms with Crippen LogP contribution in [0.15, 0.2) is 42.7 Å². The highest BCUT2D eigenvalue weighted by molar-refractivity contribution is 6.35. The van der Waals surface area contributed by atoms with Crippen LogP contribution in [0.2, 0.25) is 10.0 Å². The van der Waals surface area contributed by atoms with Crippen molar-refractivity contribution in [2.24, 2.45) is 0 Å². The van der Waals surface area contributed by atoms with Crippen LogP contribution in [0.4, 0.5) is 0 Å². The average molecular weight is 315 g/mol. The molecule has 102 valence electrons. The molecule has 4 nitrogen and oxygen atoms in total. The summed E-state index contributed by atoms with van der Waals surface area (Å²) in [5.74, 6) is 0. The maximum Gasteiger partial charge on any atom is 0.0916 e. The lowest BCUT2D eigenvalue weighted by atomic mass is 10.1. The normalized spacial score (nSPS) is 11.3. The first-order chi connectivity index (χ1) is 10.2. The van der Waals surface area contributed by atoms with Crippen molar-refractivity contribution < 1.29 is 0 Å². The van der Waals surface area contributed by atoms with Crippen LogP contribution >= 0.6 is 23.2 Å². The molecule has 1 N–H and O–H groups in total. The van der Waals surface area contributed by atoms with E-state index in [0.717, 1.165) is 33.2 Å². The van der Waals surface area contributed by atoms with Gasteiger partial charge in [-0.1, -0.05) is 23.2 Å². The van der Waals surface area contributed by atoms with Gasteiger partial charge in [-0.05, 0) is 30.3 Å². The third-order valence-corrected chi connectivity index (χ3v) is 3.70. The molecule has 2 aromatic carbocycles. The molecular formula is C15H8Cl2N4. The van der Waals surface area contributed by atoms with Gasteiger partial charge in [0.15, 0.2) is 0 Å². The van der Waals surface area contributed by atoms with Crippen molar-refractivity contribution in [2.45, 2.75) is 0 Å². The number of aromatic amines is 1. The molecule has 2 heterocycles. The monoisotopic (exact) mass is 314 g/mol. The number of aromatic nitrogens is 4. The number of H-pyrrole nitrogens is 1. The van der Waals surface area contributed by atoms with Gasteiger partial charge < -0.3 is 0 Å². The predicted octanol–water partition coefficient (Wildman–Crippen LogP) is 4.48. The number of fused-ring (bicyclic) bond motifs is 2. The summed E-state index contributed by atoms with van der Waals surface area (Å²) in [5, 5.41) is 9.10. The molecule has 6 heteroatoms. The topological polar surface area (TPSA) is 54.5 Å². The third-order valence-electron chi connectivity index (χ3n) is 3.26.